The summed E-state index contributed by atoms with van der Waals surface area (Å²) in [6.45, 7) is 5.34. The number of rotatable bonds is 22. The fraction of sp³-hybridized carbons (Fsp3) is 0.639. The summed E-state index contributed by atoms with van der Waals surface area (Å²) in [4.78, 5) is 51.3. The van der Waals surface area contributed by atoms with E-state index in [-0.39, 0.29) is 43.7 Å². The molecule has 0 spiro atoms. The van der Waals surface area contributed by atoms with Crippen LogP contribution in [-0.2, 0) is 14.4 Å². The number of para-hydroxylation sites is 1. The number of hydrogen-bond donors (Lipinski definition) is 8. The maximum atomic E-state index is 12.8. The Labute approximate surface area is 306 Å². The number of nitrogens with zero attached hydrogens (tertiary/aromatic N) is 5. The molecule has 1 aromatic carbocycles. The average molecular weight is 723 g/mol. The minimum atomic E-state index is -1.14. The number of carbonyl (C=O) groups excluding carboxylic acids is 2. The molecule has 2 aromatic rings. The van der Waals surface area contributed by atoms with Crippen LogP contribution < -0.4 is 38.2 Å². The first-order valence-corrected chi connectivity index (χ1v) is 18.8. The number of nitrogens with two attached hydrogens (primary N) is 2. The van der Waals surface area contributed by atoms with Crippen LogP contribution in [0.1, 0.15) is 77.0 Å². The van der Waals surface area contributed by atoms with Gasteiger partial charge >= 0.3 is 5.97 Å². The molecule has 1 aromatic heterocycles. The number of fused-ring (bicyclic) bond motifs is 1. The second-order valence-corrected chi connectivity index (χ2v) is 13.6. The summed E-state index contributed by atoms with van der Waals surface area (Å²) in [7, 11) is 0. The molecule has 1 aliphatic carbocycles. The van der Waals surface area contributed by atoms with Crippen LogP contribution in [-0.4, -0.2) is 120 Å². The van der Waals surface area contributed by atoms with E-state index in [2.05, 4.69) is 41.7 Å². The average Bonchev–Trinajstić information content (AvgIpc) is 3.16. The summed E-state index contributed by atoms with van der Waals surface area (Å²) in [5, 5.41) is 30.3. The maximum Gasteiger partial charge on any atom is 0.320 e. The highest BCUT2D eigenvalue weighted by Gasteiger charge is 2.24. The van der Waals surface area contributed by atoms with Gasteiger partial charge in [0.2, 0.25) is 17.8 Å². The number of benzene rings is 1. The molecule has 1 saturated carbocycles. The smallest absolute Gasteiger partial charge is 0.320 e. The Morgan fingerprint density at radius 1 is 0.962 bits per heavy atom. The molecule has 2 heterocycles. The van der Waals surface area contributed by atoms with E-state index in [4.69, 9.17) is 21.7 Å². The summed E-state index contributed by atoms with van der Waals surface area (Å²) < 4.78 is 0. The van der Waals surface area contributed by atoms with Crippen molar-refractivity contribution < 1.29 is 19.5 Å². The molecule has 52 heavy (non-hydrogen) atoms. The first kappa shape index (κ1) is 40.4. The third kappa shape index (κ3) is 14.3. The number of aliphatic carboxylic acids is 1. The molecular weight excluding hydrogens is 664 g/mol. The minimum Gasteiger partial charge on any atom is -0.480 e. The lowest BCUT2D eigenvalue weighted by Gasteiger charge is -2.33. The number of likely N-dealkylation sites (tertiary alicyclic amines) is 1. The SMILES string of the molecule is NN=C(C=NCCCNCCCNC1CCCCC1)CNc1nc(NC2CCN(C(=O)CCNC(=O)CC[C@H](N)C(=O)O)CC2)c2ccccc2n1. The van der Waals surface area contributed by atoms with Gasteiger partial charge in [-0.15, -0.1) is 0 Å². The number of anilines is 2. The third-order valence-electron chi connectivity index (χ3n) is 9.50. The van der Waals surface area contributed by atoms with Crippen molar-refractivity contribution in [3.8, 4) is 0 Å². The Morgan fingerprint density at radius 3 is 2.50 bits per heavy atom. The quantitative estimate of drug-likeness (QED) is 0.0376. The molecule has 10 N–H and O–H groups in total. The number of hydrazone groups is 1. The van der Waals surface area contributed by atoms with Gasteiger partial charge in [-0.1, -0.05) is 31.4 Å². The molecule has 4 rings (SSSR count). The van der Waals surface area contributed by atoms with Crippen molar-refractivity contribution in [1.82, 2.24) is 30.8 Å². The predicted octanol–water partition coefficient (Wildman–Crippen LogP) is 1.82. The Morgan fingerprint density at radius 2 is 1.73 bits per heavy atom. The van der Waals surface area contributed by atoms with Crippen LogP contribution in [0, 0.1) is 0 Å². The van der Waals surface area contributed by atoms with E-state index in [0.717, 1.165) is 56.2 Å². The minimum absolute atomic E-state index is 0.000627. The van der Waals surface area contributed by atoms with Crippen molar-refractivity contribution >= 4 is 52.4 Å². The number of carboxylic acid groups (broad SMARTS) is 1. The van der Waals surface area contributed by atoms with Crippen LogP contribution >= 0.6 is 0 Å². The summed E-state index contributed by atoms with van der Waals surface area (Å²) in [6, 6.07) is 7.54. The van der Waals surface area contributed by atoms with Crippen LogP contribution in [0.25, 0.3) is 10.9 Å². The summed E-state index contributed by atoms with van der Waals surface area (Å²) >= 11 is 0. The number of carboxylic acids is 1. The zero-order valence-electron chi connectivity index (χ0n) is 30.3. The number of piperidine rings is 1. The van der Waals surface area contributed by atoms with Crippen LogP contribution in [0.15, 0.2) is 34.4 Å². The van der Waals surface area contributed by atoms with Gasteiger partial charge < -0.3 is 48.2 Å². The van der Waals surface area contributed by atoms with Gasteiger partial charge in [0, 0.05) is 62.7 Å². The highest BCUT2D eigenvalue weighted by molar-refractivity contribution is 6.32. The van der Waals surface area contributed by atoms with E-state index in [0.29, 0.717) is 49.7 Å². The zero-order valence-corrected chi connectivity index (χ0v) is 30.3. The van der Waals surface area contributed by atoms with Gasteiger partial charge in [-0.2, -0.15) is 10.1 Å². The number of aliphatic imine (C=N–C) groups is 1. The highest BCUT2D eigenvalue weighted by atomic mass is 16.4. The first-order valence-electron chi connectivity index (χ1n) is 18.8. The predicted molar refractivity (Wildman–Crippen MR) is 206 cm³/mol. The highest BCUT2D eigenvalue weighted by Crippen LogP contribution is 2.25. The van der Waals surface area contributed by atoms with E-state index in [1.807, 2.05) is 24.3 Å². The molecule has 0 bridgehead atoms. The zero-order chi connectivity index (χ0) is 37.0. The van der Waals surface area contributed by atoms with Crippen molar-refractivity contribution in [2.45, 2.75) is 95.2 Å². The Bertz CT molecular complexity index is 1470. The Hall–Kier alpha value is -4.41. The summed E-state index contributed by atoms with van der Waals surface area (Å²) in [5.41, 5.74) is 6.82. The number of aromatic nitrogens is 2. The number of amides is 2. The topological polar surface area (TPSA) is 237 Å². The van der Waals surface area contributed by atoms with Gasteiger partial charge in [-0.3, -0.25) is 19.4 Å². The molecule has 2 amide bonds. The first-order chi connectivity index (χ1) is 25.3. The fourth-order valence-electron chi connectivity index (χ4n) is 6.41. The van der Waals surface area contributed by atoms with Gasteiger partial charge in [0.15, 0.2) is 0 Å². The summed E-state index contributed by atoms with van der Waals surface area (Å²) in [5.74, 6) is 5.32. The van der Waals surface area contributed by atoms with E-state index in [1.165, 1.54) is 32.1 Å². The monoisotopic (exact) mass is 722 g/mol. The van der Waals surface area contributed by atoms with E-state index in [1.54, 1.807) is 11.1 Å². The molecule has 2 fully saturated rings. The second kappa shape index (κ2) is 22.5. The lowest BCUT2D eigenvalue weighted by molar-refractivity contribution is -0.138. The van der Waals surface area contributed by atoms with Crippen LogP contribution in [0.2, 0.25) is 0 Å². The van der Waals surface area contributed by atoms with E-state index >= 15 is 0 Å². The van der Waals surface area contributed by atoms with Gasteiger partial charge in [-0.05, 0) is 76.7 Å². The van der Waals surface area contributed by atoms with Crippen LogP contribution in [0.4, 0.5) is 11.8 Å². The maximum absolute atomic E-state index is 12.8. The molecule has 16 heteroatoms. The van der Waals surface area contributed by atoms with Crippen LogP contribution in [0.5, 0.6) is 0 Å². The van der Waals surface area contributed by atoms with Gasteiger partial charge in [0.1, 0.15) is 11.9 Å². The molecule has 0 unspecified atom stereocenters. The Kier molecular flexibility index (Phi) is 17.5. The van der Waals surface area contributed by atoms with Gasteiger partial charge in [0.25, 0.3) is 0 Å². The molecular formula is C36H58N12O4. The Balaban J connectivity index is 1.15. The lowest BCUT2D eigenvalue weighted by Crippen LogP contribution is -2.43. The lowest BCUT2D eigenvalue weighted by atomic mass is 9.95. The fourth-order valence-corrected chi connectivity index (χ4v) is 6.41. The van der Waals surface area contributed by atoms with E-state index < -0.39 is 12.0 Å². The van der Waals surface area contributed by atoms with Crippen molar-refractivity contribution in [1.29, 1.82) is 0 Å². The molecule has 1 aliphatic heterocycles. The molecule has 2 aliphatic rings. The van der Waals surface area contributed by atoms with Gasteiger partial charge in [0.05, 0.1) is 17.8 Å². The molecule has 1 saturated heterocycles. The molecule has 0 radical (unpaired) electrons. The van der Waals surface area contributed by atoms with Crippen molar-refractivity contribution in [2.24, 2.45) is 21.7 Å². The molecule has 1 atom stereocenters. The van der Waals surface area contributed by atoms with Gasteiger partial charge in [-0.25, -0.2) is 4.98 Å². The van der Waals surface area contributed by atoms with Crippen molar-refractivity contribution in [3.05, 3.63) is 24.3 Å². The van der Waals surface area contributed by atoms with E-state index in [9.17, 15) is 14.4 Å². The van der Waals surface area contributed by atoms with Crippen molar-refractivity contribution in [3.63, 3.8) is 0 Å². The largest absolute Gasteiger partial charge is 0.480 e. The van der Waals surface area contributed by atoms with Crippen molar-refractivity contribution in [2.75, 3.05) is 63.0 Å². The van der Waals surface area contributed by atoms with Crippen LogP contribution in [0.3, 0.4) is 0 Å². The summed E-state index contributed by atoms with van der Waals surface area (Å²) in [6.07, 6.45) is 12.2. The molecule has 286 valence electrons. The third-order valence-corrected chi connectivity index (χ3v) is 9.50. The number of carbonyl (C=O) groups is 3. The standard InChI is InChI=1S/C36H58N12O4/c37-30(35(51)52)12-13-32(49)42-21-14-33(50)48-22-15-27(16-23-48)44-34-29-10-4-5-11-31(29)45-36(46-34)43-25-28(47-38)24-40-19-6-17-39-18-7-20-41-26-8-2-1-3-9-26/h4-5,10-11,24,26-27,30,39,41H,1-3,6-9,12-23,25,37-38H2,(H,42,49)(H,51,52)(H2,43,44,45,46)/t30-/m0/s1. The normalized spacial score (nSPS) is 16.6. The number of nitrogens with one attached hydrogen (secondary N) is 5. The second-order valence-electron chi connectivity index (χ2n) is 13.6. The molecule has 16 nitrogen and oxygen atoms in total. The number of hydrogen-bond acceptors (Lipinski definition) is 13.